The summed E-state index contributed by atoms with van der Waals surface area (Å²) in [5.41, 5.74) is 0.978. The molecule has 0 radical (unpaired) electrons. The molecular formula is C12H18O4S. The number of hydrogen-bond donors (Lipinski definition) is 1. The van der Waals surface area contributed by atoms with Crippen LogP contribution in [-0.4, -0.2) is 26.2 Å². The van der Waals surface area contributed by atoms with Gasteiger partial charge >= 0.3 is 0 Å². The Morgan fingerprint density at radius 3 is 2.24 bits per heavy atom. The Labute approximate surface area is 102 Å². The zero-order valence-electron chi connectivity index (χ0n) is 10.3. The van der Waals surface area contributed by atoms with Crippen LogP contribution in [0.2, 0.25) is 0 Å². The summed E-state index contributed by atoms with van der Waals surface area (Å²) in [4.78, 5) is 0.110. The Morgan fingerprint density at radius 2 is 1.76 bits per heavy atom. The summed E-state index contributed by atoms with van der Waals surface area (Å²) in [5, 5.41) is 9.49. The molecule has 0 aliphatic heterocycles. The molecule has 1 rings (SSSR count). The molecule has 1 aromatic carbocycles. The molecule has 0 aliphatic rings. The van der Waals surface area contributed by atoms with Crippen LogP contribution in [0.4, 0.5) is 0 Å². The molecule has 5 heteroatoms. The third-order valence-electron chi connectivity index (χ3n) is 2.47. The van der Waals surface area contributed by atoms with E-state index in [1.807, 2.05) is 6.92 Å². The molecule has 0 amide bonds. The summed E-state index contributed by atoms with van der Waals surface area (Å²) in [7, 11) is -3.77. The first-order valence-electron chi connectivity index (χ1n) is 5.47. The lowest BCUT2D eigenvalue weighted by Gasteiger charge is -2.14. The molecule has 0 fully saturated rings. The Morgan fingerprint density at radius 1 is 1.24 bits per heavy atom. The molecule has 0 heterocycles. The van der Waals surface area contributed by atoms with E-state index < -0.39 is 16.2 Å². The summed E-state index contributed by atoms with van der Waals surface area (Å²) < 4.78 is 28.3. The number of rotatable bonds is 5. The van der Waals surface area contributed by atoms with E-state index in [1.54, 1.807) is 26.0 Å². The van der Waals surface area contributed by atoms with E-state index >= 15 is 0 Å². The number of aliphatic hydroxyl groups excluding tert-OH is 1. The second-order valence-corrected chi connectivity index (χ2v) is 5.98. The van der Waals surface area contributed by atoms with Gasteiger partial charge in [0.15, 0.2) is 0 Å². The minimum atomic E-state index is -3.77. The standard InChI is InChI=1S/C12H18O4S/c1-9(2)12(13)8-16-17(14,15)11-6-4-10(3)5-7-11/h4-7,9,12-13H,8H2,1-3H3/t12-/m1/s1. The summed E-state index contributed by atoms with van der Waals surface area (Å²) in [6.07, 6.45) is -0.782. The van der Waals surface area contributed by atoms with Gasteiger partial charge in [-0.3, -0.25) is 4.18 Å². The minimum Gasteiger partial charge on any atom is -0.390 e. The van der Waals surface area contributed by atoms with Gasteiger partial charge < -0.3 is 5.11 Å². The van der Waals surface area contributed by atoms with Gasteiger partial charge in [0.1, 0.15) is 0 Å². The number of aliphatic hydroxyl groups is 1. The van der Waals surface area contributed by atoms with Crippen LogP contribution in [0.15, 0.2) is 29.2 Å². The van der Waals surface area contributed by atoms with Crippen LogP contribution in [0.5, 0.6) is 0 Å². The van der Waals surface area contributed by atoms with Crippen molar-refractivity contribution >= 4 is 10.1 Å². The quantitative estimate of drug-likeness (QED) is 0.817. The first-order chi connectivity index (χ1) is 7.83. The maximum atomic E-state index is 11.7. The zero-order valence-corrected chi connectivity index (χ0v) is 11.1. The SMILES string of the molecule is Cc1ccc(S(=O)(=O)OC[C@@H](O)C(C)C)cc1. The van der Waals surface area contributed by atoms with Gasteiger partial charge in [-0.2, -0.15) is 8.42 Å². The Bertz CT molecular complexity index is 448. The lowest BCUT2D eigenvalue weighted by Crippen LogP contribution is -2.23. The van der Waals surface area contributed by atoms with Crippen molar-refractivity contribution in [1.82, 2.24) is 0 Å². The predicted octanol–water partition coefficient (Wildman–Crippen LogP) is 1.72. The molecule has 0 bridgehead atoms. The van der Waals surface area contributed by atoms with Crippen LogP contribution < -0.4 is 0 Å². The fraction of sp³-hybridized carbons (Fsp3) is 0.500. The van der Waals surface area contributed by atoms with Gasteiger partial charge in [0.25, 0.3) is 10.1 Å². The molecule has 1 aromatic rings. The smallest absolute Gasteiger partial charge is 0.297 e. The average Bonchev–Trinajstić information content (AvgIpc) is 2.26. The topological polar surface area (TPSA) is 63.6 Å². The Kier molecular flexibility index (Phi) is 4.68. The predicted molar refractivity (Wildman–Crippen MR) is 65.2 cm³/mol. The fourth-order valence-corrected chi connectivity index (χ4v) is 2.05. The molecule has 0 saturated carbocycles. The van der Waals surface area contributed by atoms with E-state index in [1.165, 1.54) is 12.1 Å². The first kappa shape index (κ1) is 14.2. The van der Waals surface area contributed by atoms with Crippen molar-refractivity contribution in [1.29, 1.82) is 0 Å². The minimum absolute atomic E-state index is 0.0387. The third-order valence-corrected chi connectivity index (χ3v) is 3.77. The normalized spacial score (nSPS) is 13.9. The largest absolute Gasteiger partial charge is 0.390 e. The molecule has 0 unspecified atom stereocenters. The lowest BCUT2D eigenvalue weighted by molar-refractivity contribution is 0.0727. The maximum absolute atomic E-state index is 11.7. The van der Waals surface area contributed by atoms with Crippen molar-refractivity contribution in [2.45, 2.75) is 31.8 Å². The first-order valence-corrected chi connectivity index (χ1v) is 6.88. The summed E-state index contributed by atoms with van der Waals surface area (Å²) in [6, 6.07) is 6.39. The molecule has 17 heavy (non-hydrogen) atoms. The Balaban J connectivity index is 2.72. The molecule has 0 spiro atoms. The van der Waals surface area contributed by atoms with Crippen LogP contribution in [0.25, 0.3) is 0 Å². The lowest BCUT2D eigenvalue weighted by atomic mass is 10.1. The highest BCUT2D eigenvalue weighted by atomic mass is 32.2. The van der Waals surface area contributed by atoms with E-state index in [9.17, 15) is 13.5 Å². The van der Waals surface area contributed by atoms with Crippen LogP contribution >= 0.6 is 0 Å². The molecule has 96 valence electrons. The molecular weight excluding hydrogens is 240 g/mol. The van der Waals surface area contributed by atoms with Gasteiger partial charge in [0.2, 0.25) is 0 Å². The van der Waals surface area contributed by atoms with E-state index in [4.69, 9.17) is 4.18 Å². The van der Waals surface area contributed by atoms with Crippen LogP contribution in [0.3, 0.4) is 0 Å². The summed E-state index contributed by atoms with van der Waals surface area (Å²) >= 11 is 0. The second-order valence-electron chi connectivity index (χ2n) is 4.36. The number of aryl methyl sites for hydroxylation is 1. The second kappa shape index (κ2) is 5.62. The highest BCUT2D eigenvalue weighted by molar-refractivity contribution is 7.86. The zero-order chi connectivity index (χ0) is 13.1. The molecule has 4 nitrogen and oxygen atoms in total. The fourth-order valence-electron chi connectivity index (χ4n) is 1.12. The highest BCUT2D eigenvalue weighted by Crippen LogP contribution is 2.14. The molecule has 1 N–H and O–H groups in total. The monoisotopic (exact) mass is 258 g/mol. The van der Waals surface area contributed by atoms with Gasteiger partial charge in [0, 0.05) is 0 Å². The van der Waals surface area contributed by atoms with Crippen molar-refractivity contribution in [2.24, 2.45) is 5.92 Å². The van der Waals surface area contributed by atoms with Gasteiger partial charge in [-0.1, -0.05) is 31.5 Å². The molecule has 0 aromatic heterocycles. The van der Waals surface area contributed by atoms with Crippen LogP contribution in [0.1, 0.15) is 19.4 Å². The van der Waals surface area contributed by atoms with Crippen LogP contribution in [-0.2, 0) is 14.3 Å². The van der Waals surface area contributed by atoms with E-state index in [0.29, 0.717) is 0 Å². The van der Waals surface area contributed by atoms with Crippen molar-refractivity contribution in [3.05, 3.63) is 29.8 Å². The molecule has 1 atom stereocenters. The van der Waals surface area contributed by atoms with Gasteiger partial charge in [-0.15, -0.1) is 0 Å². The third kappa shape index (κ3) is 4.11. The highest BCUT2D eigenvalue weighted by Gasteiger charge is 2.18. The van der Waals surface area contributed by atoms with Crippen molar-refractivity contribution in [3.8, 4) is 0 Å². The van der Waals surface area contributed by atoms with E-state index in [0.717, 1.165) is 5.56 Å². The molecule has 0 aliphatic carbocycles. The maximum Gasteiger partial charge on any atom is 0.297 e. The van der Waals surface area contributed by atoms with Crippen LogP contribution in [0, 0.1) is 12.8 Å². The summed E-state index contributed by atoms with van der Waals surface area (Å²) in [6.45, 7) is 5.26. The van der Waals surface area contributed by atoms with Gasteiger partial charge in [0.05, 0.1) is 17.6 Å². The number of hydrogen-bond acceptors (Lipinski definition) is 4. The van der Waals surface area contributed by atoms with Crippen molar-refractivity contribution in [3.63, 3.8) is 0 Å². The van der Waals surface area contributed by atoms with Gasteiger partial charge in [-0.05, 0) is 25.0 Å². The number of benzene rings is 1. The van der Waals surface area contributed by atoms with E-state index in [2.05, 4.69) is 0 Å². The summed E-state index contributed by atoms with van der Waals surface area (Å²) in [5.74, 6) is -0.0387. The van der Waals surface area contributed by atoms with Crippen molar-refractivity contribution in [2.75, 3.05) is 6.61 Å². The van der Waals surface area contributed by atoms with Gasteiger partial charge in [-0.25, -0.2) is 0 Å². The Hall–Kier alpha value is -0.910. The average molecular weight is 258 g/mol. The molecule has 0 saturated heterocycles. The van der Waals surface area contributed by atoms with Crippen molar-refractivity contribution < 1.29 is 17.7 Å². The van der Waals surface area contributed by atoms with E-state index in [-0.39, 0.29) is 17.4 Å².